The van der Waals surface area contributed by atoms with Gasteiger partial charge >= 0.3 is 5.97 Å². The summed E-state index contributed by atoms with van der Waals surface area (Å²) < 4.78 is 23.6. The summed E-state index contributed by atoms with van der Waals surface area (Å²) in [6, 6.07) is 5.73. The van der Waals surface area contributed by atoms with Crippen LogP contribution in [0.1, 0.15) is 41.6 Å². The van der Waals surface area contributed by atoms with Crippen LogP contribution in [0.4, 0.5) is 0 Å². The van der Waals surface area contributed by atoms with Crippen LogP contribution in [0.15, 0.2) is 24.3 Å². The summed E-state index contributed by atoms with van der Waals surface area (Å²) in [5.41, 5.74) is 0.638. The summed E-state index contributed by atoms with van der Waals surface area (Å²) in [6.07, 6.45) is 3.82. The first-order valence-corrected chi connectivity index (χ1v) is 8.09. The van der Waals surface area contributed by atoms with Gasteiger partial charge in [0.05, 0.1) is 17.4 Å². The van der Waals surface area contributed by atoms with Gasteiger partial charge in [-0.2, -0.15) is 0 Å². The van der Waals surface area contributed by atoms with Crippen LogP contribution in [-0.4, -0.2) is 25.6 Å². The molecule has 110 valence electrons. The number of hydrogen-bond acceptors (Lipinski definition) is 4. The molecule has 0 heterocycles. The number of rotatable bonds is 6. The minimum Gasteiger partial charge on any atom is -0.478 e. The smallest absolute Gasteiger partial charge is 0.335 e. The van der Waals surface area contributed by atoms with Gasteiger partial charge in [0.1, 0.15) is 0 Å². The molecule has 0 spiro atoms. The van der Waals surface area contributed by atoms with Crippen molar-refractivity contribution in [3.8, 4) is 0 Å². The zero-order chi connectivity index (χ0) is 14.6. The van der Waals surface area contributed by atoms with Crippen molar-refractivity contribution >= 4 is 16.0 Å². The number of aromatic carboxylic acids is 1. The van der Waals surface area contributed by atoms with E-state index < -0.39 is 16.0 Å². The van der Waals surface area contributed by atoms with E-state index in [1.165, 1.54) is 24.3 Å². The third kappa shape index (κ3) is 4.29. The number of carbonyl (C=O) groups is 1. The molecular weight excluding hydrogens is 282 g/mol. The van der Waals surface area contributed by atoms with Gasteiger partial charge < -0.3 is 5.11 Å². The number of nitrogens with one attached hydrogen (secondary N) is 1. The lowest BCUT2D eigenvalue weighted by molar-refractivity contribution is 0.0222. The summed E-state index contributed by atoms with van der Waals surface area (Å²) in [4.78, 5) is 18.0. The van der Waals surface area contributed by atoms with Gasteiger partial charge in [0.15, 0.2) is 0 Å². The van der Waals surface area contributed by atoms with Gasteiger partial charge in [-0.15, -0.1) is 0 Å². The maximum Gasteiger partial charge on any atom is 0.335 e. The van der Waals surface area contributed by atoms with Crippen LogP contribution in [0.2, 0.25) is 0 Å². The zero-order valence-electron chi connectivity index (χ0n) is 10.9. The molecule has 0 amide bonds. The van der Waals surface area contributed by atoms with Crippen molar-refractivity contribution < 1.29 is 23.2 Å². The Morgan fingerprint density at radius 1 is 1.25 bits per heavy atom. The quantitative estimate of drug-likeness (QED) is 0.780. The lowest BCUT2D eigenvalue weighted by Crippen LogP contribution is -2.29. The van der Waals surface area contributed by atoms with E-state index in [2.05, 4.69) is 4.89 Å². The van der Waals surface area contributed by atoms with Gasteiger partial charge in [-0.05, 0) is 30.5 Å². The van der Waals surface area contributed by atoms with Crippen LogP contribution in [-0.2, 0) is 20.6 Å². The fraction of sp³-hybridized carbons (Fsp3) is 0.462. The second-order valence-corrected chi connectivity index (χ2v) is 6.55. The van der Waals surface area contributed by atoms with Gasteiger partial charge in [0.25, 0.3) is 0 Å². The summed E-state index contributed by atoms with van der Waals surface area (Å²) >= 11 is 0. The molecule has 0 bridgehead atoms. The molecule has 2 rings (SSSR count). The largest absolute Gasteiger partial charge is 0.478 e. The first kappa shape index (κ1) is 15.0. The van der Waals surface area contributed by atoms with Gasteiger partial charge in [0.2, 0.25) is 10.0 Å². The van der Waals surface area contributed by atoms with E-state index in [0.29, 0.717) is 5.56 Å². The third-order valence-electron chi connectivity index (χ3n) is 3.20. The molecule has 1 aromatic rings. The van der Waals surface area contributed by atoms with Crippen LogP contribution in [0.5, 0.6) is 0 Å². The summed E-state index contributed by atoms with van der Waals surface area (Å²) in [7, 11) is -3.57. The third-order valence-corrected chi connectivity index (χ3v) is 4.27. The maximum atomic E-state index is 11.8. The average molecular weight is 299 g/mol. The first-order chi connectivity index (χ1) is 9.46. The zero-order valence-corrected chi connectivity index (χ0v) is 11.7. The molecule has 1 aromatic carbocycles. The highest BCUT2D eigenvalue weighted by Gasteiger charge is 2.19. The molecule has 1 fully saturated rings. The molecule has 6 nitrogen and oxygen atoms in total. The molecule has 0 unspecified atom stereocenters. The van der Waals surface area contributed by atoms with Crippen molar-refractivity contribution in [2.24, 2.45) is 0 Å². The Balaban J connectivity index is 1.91. The van der Waals surface area contributed by atoms with Gasteiger partial charge in [-0.25, -0.2) is 13.2 Å². The normalized spacial score (nSPS) is 16.4. The summed E-state index contributed by atoms with van der Waals surface area (Å²) in [6.45, 7) is 0. The predicted octanol–water partition coefficient (Wildman–Crippen LogP) is 1.68. The number of carboxylic acid groups (broad SMARTS) is 1. The highest BCUT2D eigenvalue weighted by Crippen LogP contribution is 2.20. The van der Waals surface area contributed by atoms with Crippen molar-refractivity contribution in [2.45, 2.75) is 37.5 Å². The Kier molecular flexibility index (Phi) is 4.74. The average Bonchev–Trinajstić information content (AvgIpc) is 2.90. The van der Waals surface area contributed by atoms with Crippen LogP contribution < -0.4 is 4.89 Å². The van der Waals surface area contributed by atoms with E-state index in [0.717, 1.165) is 25.7 Å². The predicted molar refractivity (Wildman–Crippen MR) is 72.5 cm³/mol. The second kappa shape index (κ2) is 6.34. The lowest BCUT2D eigenvalue weighted by atomic mass is 10.1. The van der Waals surface area contributed by atoms with Crippen LogP contribution in [0.25, 0.3) is 0 Å². The second-order valence-electron chi connectivity index (χ2n) is 4.87. The molecule has 0 radical (unpaired) electrons. The Labute approximate surface area is 117 Å². The van der Waals surface area contributed by atoms with Crippen molar-refractivity contribution in [3.63, 3.8) is 0 Å². The highest BCUT2D eigenvalue weighted by molar-refractivity contribution is 7.88. The minimum absolute atomic E-state index is 0.0424. The molecule has 0 aromatic heterocycles. The van der Waals surface area contributed by atoms with Gasteiger partial charge in [-0.1, -0.05) is 29.9 Å². The van der Waals surface area contributed by atoms with Gasteiger partial charge in [-0.3, -0.25) is 4.84 Å². The topological polar surface area (TPSA) is 92.7 Å². The molecular formula is C13H17NO5S. The fourth-order valence-corrected chi connectivity index (χ4v) is 3.11. The Bertz CT molecular complexity index is 561. The van der Waals surface area contributed by atoms with Crippen LogP contribution >= 0.6 is 0 Å². The van der Waals surface area contributed by atoms with E-state index in [1.807, 2.05) is 0 Å². The summed E-state index contributed by atoms with van der Waals surface area (Å²) in [5, 5.41) is 8.76. The van der Waals surface area contributed by atoms with E-state index in [1.54, 1.807) is 0 Å². The van der Waals surface area contributed by atoms with Crippen molar-refractivity contribution in [1.29, 1.82) is 0 Å². The van der Waals surface area contributed by atoms with E-state index in [4.69, 9.17) is 9.94 Å². The minimum atomic E-state index is -3.57. The molecule has 0 aliphatic heterocycles. The highest BCUT2D eigenvalue weighted by atomic mass is 32.2. The molecule has 1 saturated carbocycles. The maximum absolute atomic E-state index is 11.8. The monoisotopic (exact) mass is 299 g/mol. The molecule has 20 heavy (non-hydrogen) atoms. The van der Waals surface area contributed by atoms with Crippen LogP contribution in [0, 0.1) is 0 Å². The van der Waals surface area contributed by atoms with Crippen molar-refractivity contribution in [1.82, 2.24) is 4.89 Å². The number of sulfonamides is 1. The molecule has 1 aliphatic rings. The molecule has 0 saturated heterocycles. The number of hydrogen-bond donors (Lipinski definition) is 2. The summed E-state index contributed by atoms with van der Waals surface area (Å²) in [5.74, 6) is -1.28. The standard InChI is InChI=1S/C13H17NO5S/c15-13(16)11-7-5-10(6-8-11)9-20(17,18)14-19-12-3-1-2-4-12/h5-8,12,14H,1-4,9H2,(H,15,16). The lowest BCUT2D eigenvalue weighted by Gasteiger charge is -2.12. The number of benzene rings is 1. The Morgan fingerprint density at radius 2 is 1.85 bits per heavy atom. The van der Waals surface area contributed by atoms with E-state index in [9.17, 15) is 13.2 Å². The van der Waals surface area contributed by atoms with E-state index >= 15 is 0 Å². The van der Waals surface area contributed by atoms with E-state index in [-0.39, 0.29) is 17.4 Å². The molecule has 0 atom stereocenters. The SMILES string of the molecule is O=C(O)c1ccc(CS(=O)(=O)NOC2CCCC2)cc1. The van der Waals surface area contributed by atoms with Crippen molar-refractivity contribution in [2.75, 3.05) is 0 Å². The Hall–Kier alpha value is -1.44. The van der Waals surface area contributed by atoms with Crippen LogP contribution in [0.3, 0.4) is 0 Å². The molecule has 2 N–H and O–H groups in total. The fourth-order valence-electron chi connectivity index (χ4n) is 2.14. The molecule has 7 heteroatoms. The Morgan fingerprint density at radius 3 is 2.40 bits per heavy atom. The molecule has 1 aliphatic carbocycles. The first-order valence-electron chi connectivity index (χ1n) is 6.44. The number of carboxylic acids is 1. The van der Waals surface area contributed by atoms with Crippen molar-refractivity contribution in [3.05, 3.63) is 35.4 Å². The van der Waals surface area contributed by atoms with Gasteiger partial charge in [0, 0.05) is 0 Å².